The Morgan fingerprint density at radius 2 is 1.98 bits per heavy atom. The lowest BCUT2D eigenvalue weighted by atomic mass is 9.63. The van der Waals surface area contributed by atoms with Crippen LogP contribution in [0.15, 0.2) is 61.2 Å². The van der Waals surface area contributed by atoms with Crippen LogP contribution in [0.5, 0.6) is 5.75 Å². The summed E-state index contributed by atoms with van der Waals surface area (Å²) in [6, 6.07) is 12.0. The Morgan fingerprint density at radius 1 is 1.11 bits per heavy atom. The van der Waals surface area contributed by atoms with Crippen LogP contribution < -0.4 is 14.4 Å². The van der Waals surface area contributed by atoms with Gasteiger partial charge in [0.05, 0.1) is 37.4 Å². The number of amides is 1. The van der Waals surface area contributed by atoms with Crippen molar-refractivity contribution in [1.29, 1.82) is 0 Å². The molecular weight excluding hydrogens is 736 g/mol. The van der Waals surface area contributed by atoms with Gasteiger partial charge in [0.2, 0.25) is 10.0 Å². The number of piperazine rings is 1. The molecule has 0 radical (unpaired) electrons. The van der Waals surface area contributed by atoms with Gasteiger partial charge in [-0.15, -0.1) is 6.58 Å². The van der Waals surface area contributed by atoms with Gasteiger partial charge in [-0.05, 0) is 105 Å². The first-order valence-corrected chi connectivity index (χ1v) is 22.2. The standard InChI is InChI=1S/C43H57ClN4O6S/c1-4-20-54-43(28-46-17-18-47-19-21-52-26-36(47)25-46)16-5-7-30(2)31(3)55(50,51)45-41(49)33-10-14-40-39(23-33)48(24-34-9-12-38(34)43)27-42(29-53-40)15-6-8-32-22-35(44)11-13-37(32)42/h4-5,10-11,13-14,16,22-23,30-31,34,36,38H,1,6-9,12,15,17-21,24-29H2,2-3H3,(H,45,49)/b16-5+/t30-,31+,34-,36-,38+,42-,43-/m0/s1. The van der Waals surface area contributed by atoms with Gasteiger partial charge in [-0.25, -0.2) is 13.1 Å². The van der Waals surface area contributed by atoms with Gasteiger partial charge >= 0.3 is 0 Å². The Hall–Kier alpha value is -2.93. The van der Waals surface area contributed by atoms with E-state index in [-0.39, 0.29) is 17.3 Å². The highest BCUT2D eigenvalue weighted by Gasteiger charge is 2.50. The second-order valence-corrected chi connectivity index (χ2v) is 19.6. The van der Waals surface area contributed by atoms with Crippen molar-refractivity contribution in [3.63, 3.8) is 0 Å². The van der Waals surface area contributed by atoms with Crippen LogP contribution in [0.25, 0.3) is 0 Å². The Kier molecular flexibility index (Phi) is 11.2. The van der Waals surface area contributed by atoms with Gasteiger partial charge in [0.15, 0.2) is 0 Å². The molecule has 3 fully saturated rings. The number of nitrogens with one attached hydrogen (secondary N) is 1. The van der Waals surface area contributed by atoms with Crippen molar-refractivity contribution >= 4 is 33.2 Å². The van der Waals surface area contributed by atoms with Gasteiger partial charge in [0.1, 0.15) is 11.4 Å². The normalized spacial score (nSPS) is 34.5. The lowest BCUT2D eigenvalue weighted by molar-refractivity contribution is -0.117. The summed E-state index contributed by atoms with van der Waals surface area (Å²) in [6.45, 7) is 16.2. The molecule has 1 N–H and O–H groups in total. The zero-order valence-electron chi connectivity index (χ0n) is 32.4. The molecule has 2 aromatic carbocycles. The maximum Gasteiger partial charge on any atom is 0.264 e. The van der Waals surface area contributed by atoms with Crippen LogP contribution in [0.2, 0.25) is 5.02 Å². The SMILES string of the molecule is C=CCO[C@]1(CN2CCN3CCOC[C@@H]3C2)/C=C/C[C@H](C)[C@@H](C)S(=O)(=O)NC(=O)c2ccc3c(c2)N(C[C@@H]2CC[C@H]21)C[C@@]1(CCCc2cc(Cl)ccc21)CO3. The van der Waals surface area contributed by atoms with Crippen LogP contribution in [-0.2, 0) is 31.3 Å². The number of nitrogens with zero attached hydrogens (tertiary/aromatic N) is 3. The number of carbonyl (C=O) groups is 1. The molecular formula is C43H57ClN4O6S. The molecule has 2 aromatic rings. The van der Waals surface area contributed by atoms with Crippen LogP contribution in [0.4, 0.5) is 5.69 Å². The first-order chi connectivity index (χ1) is 26.5. The van der Waals surface area contributed by atoms with E-state index in [9.17, 15) is 13.2 Å². The second kappa shape index (κ2) is 15.8. The van der Waals surface area contributed by atoms with Crippen LogP contribution >= 0.6 is 11.6 Å². The molecule has 55 heavy (non-hydrogen) atoms. The van der Waals surface area contributed by atoms with E-state index < -0.39 is 26.8 Å². The maximum absolute atomic E-state index is 13.7. The third-order valence-electron chi connectivity index (χ3n) is 13.7. The number of aryl methyl sites for hydroxylation is 1. The highest BCUT2D eigenvalue weighted by Crippen LogP contribution is 2.49. The second-order valence-electron chi connectivity index (χ2n) is 17.1. The van der Waals surface area contributed by atoms with Crippen molar-refractivity contribution in [2.75, 3.05) is 77.1 Å². The number of sulfonamides is 1. The minimum atomic E-state index is -3.98. The number of allylic oxidation sites excluding steroid dienone is 1. The van der Waals surface area contributed by atoms with Gasteiger partial charge in [-0.3, -0.25) is 14.6 Å². The number of hydrogen-bond donors (Lipinski definition) is 1. The van der Waals surface area contributed by atoms with Gasteiger partial charge < -0.3 is 19.1 Å². The monoisotopic (exact) mass is 792 g/mol. The summed E-state index contributed by atoms with van der Waals surface area (Å²) in [5.74, 6) is 0.348. The summed E-state index contributed by atoms with van der Waals surface area (Å²) in [4.78, 5) is 21.3. The fraction of sp³-hybridized carbons (Fsp3) is 0.605. The summed E-state index contributed by atoms with van der Waals surface area (Å²) in [6.07, 6.45) is 11.8. The number of anilines is 1. The molecule has 6 aliphatic rings. The molecule has 1 amide bonds. The molecule has 1 saturated carbocycles. The number of morpholine rings is 1. The number of benzene rings is 2. The van der Waals surface area contributed by atoms with E-state index in [0.29, 0.717) is 49.5 Å². The molecule has 1 spiro atoms. The van der Waals surface area contributed by atoms with Crippen LogP contribution in [0.3, 0.4) is 0 Å². The third-order valence-corrected chi connectivity index (χ3v) is 15.8. The molecule has 10 nitrogen and oxygen atoms in total. The molecule has 4 aliphatic heterocycles. The van der Waals surface area contributed by atoms with E-state index in [0.717, 1.165) is 95.3 Å². The highest BCUT2D eigenvalue weighted by molar-refractivity contribution is 7.90. The summed E-state index contributed by atoms with van der Waals surface area (Å²) in [5.41, 5.74) is 2.77. The Labute approximate surface area is 332 Å². The zero-order valence-corrected chi connectivity index (χ0v) is 34.0. The van der Waals surface area contributed by atoms with E-state index in [1.54, 1.807) is 13.0 Å². The Bertz CT molecular complexity index is 1910. The largest absolute Gasteiger partial charge is 0.490 e. The lowest BCUT2D eigenvalue weighted by Gasteiger charge is -2.53. The van der Waals surface area contributed by atoms with E-state index in [1.807, 2.05) is 31.2 Å². The summed E-state index contributed by atoms with van der Waals surface area (Å²) >= 11 is 6.52. The Balaban J connectivity index is 1.20. The maximum atomic E-state index is 13.7. The van der Waals surface area contributed by atoms with Crippen molar-refractivity contribution in [3.05, 3.63) is 82.9 Å². The van der Waals surface area contributed by atoms with Gasteiger partial charge in [-0.2, -0.15) is 0 Å². The number of ether oxygens (including phenoxy) is 3. The number of fused-ring (bicyclic) bond motifs is 5. The number of rotatable bonds is 5. The third kappa shape index (κ3) is 7.74. The van der Waals surface area contributed by atoms with E-state index in [4.69, 9.17) is 25.8 Å². The van der Waals surface area contributed by atoms with Gasteiger partial charge in [0.25, 0.3) is 5.91 Å². The van der Waals surface area contributed by atoms with E-state index in [2.05, 4.69) is 50.3 Å². The molecule has 0 aromatic heterocycles. The number of carbonyl (C=O) groups excluding carboxylic acids is 1. The van der Waals surface area contributed by atoms with Gasteiger partial charge in [-0.1, -0.05) is 42.8 Å². The van der Waals surface area contributed by atoms with Crippen molar-refractivity contribution in [3.8, 4) is 5.75 Å². The summed E-state index contributed by atoms with van der Waals surface area (Å²) < 4.78 is 49.5. The average Bonchev–Trinajstić information content (AvgIpc) is 3.31. The fourth-order valence-electron chi connectivity index (χ4n) is 10.2. The molecule has 12 heteroatoms. The van der Waals surface area contributed by atoms with Crippen molar-refractivity contribution < 1.29 is 27.4 Å². The minimum absolute atomic E-state index is 0.209. The molecule has 0 unspecified atom stereocenters. The highest BCUT2D eigenvalue weighted by atomic mass is 35.5. The lowest BCUT2D eigenvalue weighted by Crippen LogP contribution is -2.63. The fourth-order valence-corrected chi connectivity index (χ4v) is 11.7. The predicted molar refractivity (Wildman–Crippen MR) is 217 cm³/mol. The molecule has 2 saturated heterocycles. The van der Waals surface area contributed by atoms with Crippen LogP contribution in [0, 0.1) is 17.8 Å². The predicted octanol–water partition coefficient (Wildman–Crippen LogP) is 5.84. The van der Waals surface area contributed by atoms with E-state index >= 15 is 0 Å². The molecule has 2 aliphatic carbocycles. The number of halogens is 1. The summed E-state index contributed by atoms with van der Waals surface area (Å²) in [5, 5.41) is -0.0552. The van der Waals surface area contributed by atoms with E-state index in [1.165, 1.54) is 11.1 Å². The van der Waals surface area contributed by atoms with Crippen molar-refractivity contribution in [2.45, 2.75) is 74.7 Å². The van der Waals surface area contributed by atoms with Crippen LogP contribution in [0.1, 0.15) is 67.4 Å². The molecule has 298 valence electrons. The topological polar surface area (TPSA) is 101 Å². The minimum Gasteiger partial charge on any atom is -0.490 e. The van der Waals surface area contributed by atoms with Crippen LogP contribution in [-0.4, -0.2) is 113 Å². The van der Waals surface area contributed by atoms with Gasteiger partial charge in [0, 0.05) is 67.9 Å². The molecule has 7 atom stereocenters. The first kappa shape index (κ1) is 38.9. The smallest absolute Gasteiger partial charge is 0.264 e. The Morgan fingerprint density at radius 3 is 2.80 bits per heavy atom. The molecule has 2 bridgehead atoms. The quantitative estimate of drug-likeness (QED) is 0.375. The average molecular weight is 793 g/mol. The van der Waals surface area contributed by atoms with Crippen molar-refractivity contribution in [2.24, 2.45) is 17.8 Å². The summed E-state index contributed by atoms with van der Waals surface area (Å²) in [7, 11) is -3.98. The molecule has 4 heterocycles. The van der Waals surface area contributed by atoms with Crippen molar-refractivity contribution in [1.82, 2.24) is 14.5 Å². The first-order valence-electron chi connectivity index (χ1n) is 20.3. The zero-order chi connectivity index (χ0) is 38.4. The number of hydrogen-bond acceptors (Lipinski definition) is 9. The molecule has 8 rings (SSSR count).